The van der Waals surface area contributed by atoms with Gasteiger partial charge in [-0.1, -0.05) is 12.1 Å². The van der Waals surface area contributed by atoms with Crippen LogP contribution in [0.15, 0.2) is 42.0 Å². The van der Waals surface area contributed by atoms with Crippen LogP contribution < -0.4 is 11.5 Å². The smallest absolute Gasteiger partial charge is 0.249 e. The third-order valence-corrected chi connectivity index (χ3v) is 6.09. The van der Waals surface area contributed by atoms with Gasteiger partial charge in [-0.25, -0.2) is 13.2 Å². The Bertz CT molecular complexity index is 1100. The van der Waals surface area contributed by atoms with Crippen LogP contribution in [0, 0.1) is 17.5 Å². The molecule has 0 fully saturated rings. The second kappa shape index (κ2) is 8.19. The Labute approximate surface area is 177 Å². The molecule has 1 heterocycles. The highest BCUT2D eigenvalue weighted by molar-refractivity contribution is 5.94. The maximum Gasteiger partial charge on any atom is 0.249 e. The Hall–Kier alpha value is -3.13. The zero-order chi connectivity index (χ0) is 22.3. The van der Waals surface area contributed by atoms with Gasteiger partial charge in [0.15, 0.2) is 11.6 Å². The van der Waals surface area contributed by atoms with Gasteiger partial charge in [0.25, 0.3) is 0 Å². The van der Waals surface area contributed by atoms with Crippen molar-refractivity contribution in [2.24, 2.45) is 11.5 Å². The van der Waals surface area contributed by atoms with E-state index in [1.165, 1.54) is 0 Å². The molecule has 0 bridgehead atoms. The van der Waals surface area contributed by atoms with Gasteiger partial charge in [-0.15, -0.1) is 0 Å². The Morgan fingerprint density at radius 1 is 1.00 bits per heavy atom. The second-order valence-electron chi connectivity index (χ2n) is 8.05. The van der Waals surface area contributed by atoms with Gasteiger partial charge in [0.1, 0.15) is 5.82 Å². The number of hydrogen-bond donors (Lipinski definition) is 2. The minimum absolute atomic E-state index is 0.0139. The van der Waals surface area contributed by atoms with Crippen molar-refractivity contribution in [3.63, 3.8) is 0 Å². The maximum atomic E-state index is 14.2. The summed E-state index contributed by atoms with van der Waals surface area (Å²) in [6, 6.07) is 6.00. The lowest BCUT2D eigenvalue weighted by Gasteiger charge is -2.33. The fourth-order valence-corrected chi connectivity index (χ4v) is 4.36. The fourth-order valence-electron chi connectivity index (χ4n) is 4.36. The van der Waals surface area contributed by atoms with Gasteiger partial charge in [0.2, 0.25) is 11.8 Å². The molecule has 2 aromatic rings. The maximum absolute atomic E-state index is 14.2. The molecule has 31 heavy (non-hydrogen) atoms. The molecule has 1 aliphatic carbocycles. The number of halogens is 3. The number of benzene rings is 2. The summed E-state index contributed by atoms with van der Waals surface area (Å²) in [5.41, 5.74) is 14.4. The number of primary amides is 1. The highest BCUT2D eigenvalue weighted by Gasteiger charge is 2.32. The fraction of sp³-hybridized carbons (Fsp3) is 0.304. The molecule has 2 amide bonds. The van der Waals surface area contributed by atoms with Crippen LogP contribution in [-0.2, 0) is 17.8 Å². The predicted octanol–water partition coefficient (Wildman–Crippen LogP) is 2.92. The molecule has 0 spiro atoms. The van der Waals surface area contributed by atoms with E-state index in [1.54, 1.807) is 23.1 Å². The molecule has 0 saturated heterocycles. The van der Waals surface area contributed by atoms with E-state index in [-0.39, 0.29) is 24.3 Å². The van der Waals surface area contributed by atoms with Crippen molar-refractivity contribution in [1.82, 2.24) is 4.90 Å². The van der Waals surface area contributed by atoms with Gasteiger partial charge in [0, 0.05) is 42.3 Å². The first-order chi connectivity index (χ1) is 14.7. The number of rotatable bonds is 3. The van der Waals surface area contributed by atoms with E-state index in [9.17, 15) is 22.8 Å². The minimum atomic E-state index is -1.25. The highest BCUT2D eigenvalue weighted by atomic mass is 19.2. The van der Waals surface area contributed by atoms with Crippen molar-refractivity contribution >= 4 is 11.8 Å². The summed E-state index contributed by atoms with van der Waals surface area (Å²) in [6.07, 6.45) is 2.81. The molecular weight excluding hydrogens is 407 g/mol. The minimum Gasteiger partial charge on any atom is -0.366 e. The second-order valence-corrected chi connectivity index (χ2v) is 8.05. The summed E-state index contributed by atoms with van der Waals surface area (Å²) in [5.74, 6) is -4.47. The summed E-state index contributed by atoms with van der Waals surface area (Å²) >= 11 is 0. The first kappa shape index (κ1) is 21.1. The first-order valence-electron chi connectivity index (χ1n) is 10.0. The molecule has 2 unspecified atom stereocenters. The quantitative estimate of drug-likeness (QED) is 0.736. The first-order valence-corrected chi connectivity index (χ1v) is 10.0. The normalized spacial score (nSPS) is 20.8. The van der Waals surface area contributed by atoms with Crippen LogP contribution in [0.5, 0.6) is 0 Å². The van der Waals surface area contributed by atoms with Gasteiger partial charge in [0.05, 0.1) is 0 Å². The molecule has 1 aliphatic heterocycles. The van der Waals surface area contributed by atoms with Crippen molar-refractivity contribution in [3.05, 3.63) is 81.7 Å². The van der Waals surface area contributed by atoms with E-state index in [1.807, 2.05) is 6.07 Å². The predicted molar refractivity (Wildman–Crippen MR) is 108 cm³/mol. The van der Waals surface area contributed by atoms with Crippen LogP contribution in [-0.4, -0.2) is 29.3 Å². The number of nitrogens with two attached hydrogens (primary N) is 2. The highest BCUT2D eigenvalue weighted by Crippen LogP contribution is 2.35. The van der Waals surface area contributed by atoms with Crippen LogP contribution in [0.1, 0.15) is 45.8 Å². The van der Waals surface area contributed by atoms with Gasteiger partial charge in [-0.05, 0) is 54.2 Å². The number of fused-ring (bicyclic) bond motifs is 1. The van der Waals surface area contributed by atoms with Gasteiger partial charge < -0.3 is 16.4 Å². The van der Waals surface area contributed by atoms with Gasteiger partial charge in [-0.3, -0.25) is 9.59 Å². The van der Waals surface area contributed by atoms with Crippen molar-refractivity contribution in [1.29, 1.82) is 0 Å². The zero-order valence-corrected chi connectivity index (χ0v) is 16.7. The topological polar surface area (TPSA) is 89.4 Å². The molecule has 162 valence electrons. The molecule has 0 saturated carbocycles. The molecule has 8 heteroatoms. The van der Waals surface area contributed by atoms with E-state index >= 15 is 0 Å². The summed E-state index contributed by atoms with van der Waals surface area (Å²) in [4.78, 5) is 26.2. The lowest BCUT2D eigenvalue weighted by Crippen LogP contribution is -2.40. The van der Waals surface area contributed by atoms with Crippen LogP contribution >= 0.6 is 0 Å². The van der Waals surface area contributed by atoms with E-state index < -0.39 is 35.3 Å². The standard InChI is InChI=1S/C23H22F3N3O2/c24-18-10-20(26)19(25)9-17(18)16-4-3-14(8-21(16)27)23(31)29-6-5-12-1-2-13(22(28)30)7-15(12)11-29/h1-3,7,9-10,16,21H,4-6,8,11,27H2,(H2,28,30). The van der Waals surface area contributed by atoms with E-state index in [0.717, 1.165) is 17.2 Å². The third kappa shape index (κ3) is 4.07. The molecular formula is C23H22F3N3O2. The largest absolute Gasteiger partial charge is 0.366 e. The van der Waals surface area contributed by atoms with E-state index in [0.29, 0.717) is 36.7 Å². The molecule has 0 radical (unpaired) electrons. The Morgan fingerprint density at radius 3 is 2.45 bits per heavy atom. The number of amides is 2. The monoisotopic (exact) mass is 429 g/mol. The van der Waals surface area contributed by atoms with Crippen molar-refractivity contribution < 1.29 is 22.8 Å². The third-order valence-electron chi connectivity index (χ3n) is 6.09. The Morgan fingerprint density at radius 2 is 1.74 bits per heavy atom. The van der Waals surface area contributed by atoms with Crippen molar-refractivity contribution in [2.75, 3.05) is 6.54 Å². The van der Waals surface area contributed by atoms with E-state index in [2.05, 4.69) is 0 Å². The number of allylic oxidation sites excluding steroid dienone is 1. The number of nitrogens with zero attached hydrogens (tertiary/aromatic N) is 1. The lowest BCUT2D eigenvalue weighted by atomic mass is 9.80. The van der Waals surface area contributed by atoms with E-state index in [4.69, 9.17) is 11.5 Å². The van der Waals surface area contributed by atoms with Crippen LogP contribution in [0.4, 0.5) is 13.2 Å². The zero-order valence-electron chi connectivity index (χ0n) is 16.7. The summed E-state index contributed by atoms with van der Waals surface area (Å²) in [7, 11) is 0. The Kier molecular flexibility index (Phi) is 5.58. The van der Waals surface area contributed by atoms with Gasteiger partial charge in [-0.2, -0.15) is 0 Å². The van der Waals surface area contributed by atoms with Gasteiger partial charge >= 0.3 is 0 Å². The van der Waals surface area contributed by atoms with Crippen LogP contribution in [0.2, 0.25) is 0 Å². The number of carbonyl (C=O) groups is 2. The molecule has 2 aliphatic rings. The molecule has 5 nitrogen and oxygen atoms in total. The average molecular weight is 429 g/mol. The number of carbonyl (C=O) groups excluding carboxylic acids is 2. The Balaban J connectivity index is 1.51. The van der Waals surface area contributed by atoms with Crippen LogP contribution in [0.25, 0.3) is 0 Å². The van der Waals surface area contributed by atoms with Crippen LogP contribution in [0.3, 0.4) is 0 Å². The molecule has 4 N–H and O–H groups in total. The molecule has 4 rings (SSSR count). The van der Waals surface area contributed by atoms with Crippen molar-refractivity contribution in [2.45, 2.75) is 37.8 Å². The SMILES string of the molecule is NC(=O)c1ccc2c(c1)CN(C(=O)C1=CCC(c3cc(F)c(F)cc3F)C(N)C1)CC2. The molecule has 2 atom stereocenters. The molecule has 2 aromatic carbocycles. The molecule has 0 aromatic heterocycles. The number of hydrogen-bond acceptors (Lipinski definition) is 3. The van der Waals surface area contributed by atoms with Crippen molar-refractivity contribution in [3.8, 4) is 0 Å². The summed E-state index contributed by atoms with van der Waals surface area (Å²) in [5, 5.41) is 0. The average Bonchev–Trinajstić information content (AvgIpc) is 2.75. The summed E-state index contributed by atoms with van der Waals surface area (Å²) in [6.45, 7) is 0.874. The summed E-state index contributed by atoms with van der Waals surface area (Å²) < 4.78 is 41.0. The lowest BCUT2D eigenvalue weighted by molar-refractivity contribution is -0.128.